The summed E-state index contributed by atoms with van der Waals surface area (Å²) in [5.74, 6) is 0.485. The Labute approximate surface area is 105 Å². The number of rotatable bonds is 4. The lowest BCUT2D eigenvalue weighted by atomic mass is 9.60. The average molecular weight is 238 g/mol. The highest BCUT2D eigenvalue weighted by molar-refractivity contribution is 5.13. The first kappa shape index (κ1) is 14.5. The number of hydrogen-bond donors (Lipinski definition) is 2. The van der Waals surface area contributed by atoms with Gasteiger partial charge in [-0.1, -0.05) is 25.2 Å². The Kier molecular flexibility index (Phi) is 4.21. The van der Waals surface area contributed by atoms with E-state index in [2.05, 4.69) is 20.1 Å². The van der Waals surface area contributed by atoms with E-state index in [1.165, 1.54) is 0 Å². The molecule has 0 bridgehead atoms. The van der Waals surface area contributed by atoms with Crippen LogP contribution in [-0.4, -0.2) is 22.4 Å². The van der Waals surface area contributed by atoms with Gasteiger partial charge in [-0.2, -0.15) is 0 Å². The lowest BCUT2D eigenvalue weighted by molar-refractivity contribution is -0.0731. The van der Waals surface area contributed by atoms with Crippen LogP contribution in [0.25, 0.3) is 0 Å². The van der Waals surface area contributed by atoms with E-state index >= 15 is 0 Å². The molecule has 0 aliphatic heterocycles. The second-order valence-corrected chi connectivity index (χ2v) is 6.10. The van der Waals surface area contributed by atoms with Crippen molar-refractivity contribution in [3.05, 3.63) is 24.8 Å². The second-order valence-electron chi connectivity index (χ2n) is 6.10. The van der Waals surface area contributed by atoms with Crippen molar-refractivity contribution < 1.29 is 10.2 Å². The predicted octanol–water partition coefficient (Wildman–Crippen LogP) is 2.91. The summed E-state index contributed by atoms with van der Waals surface area (Å²) in [6.07, 6.45) is 4.83. The van der Waals surface area contributed by atoms with E-state index in [9.17, 15) is 10.2 Å². The van der Waals surface area contributed by atoms with Gasteiger partial charge in [0.2, 0.25) is 0 Å². The largest absolute Gasteiger partial charge is 0.393 e. The Bertz CT molecular complexity index is 306. The third kappa shape index (κ3) is 2.80. The molecule has 0 amide bonds. The normalized spacial score (nSPS) is 37.2. The summed E-state index contributed by atoms with van der Waals surface area (Å²) in [6.45, 7) is 13.8. The fraction of sp³-hybridized carbons (Fsp3) is 0.733. The van der Waals surface area contributed by atoms with Gasteiger partial charge in [0.25, 0.3) is 0 Å². The SMILES string of the molecule is C=C[C@]1(C)CC[C@@H]([C@@](C)(O)CO)C[C@@H]1C(=C)C. The summed E-state index contributed by atoms with van der Waals surface area (Å²) >= 11 is 0. The van der Waals surface area contributed by atoms with Crippen LogP contribution in [0.4, 0.5) is 0 Å². The summed E-state index contributed by atoms with van der Waals surface area (Å²) in [7, 11) is 0. The molecule has 1 saturated carbocycles. The second kappa shape index (κ2) is 4.95. The summed E-state index contributed by atoms with van der Waals surface area (Å²) in [5, 5.41) is 19.5. The summed E-state index contributed by atoms with van der Waals surface area (Å²) in [6, 6.07) is 0. The van der Waals surface area contributed by atoms with Crippen molar-refractivity contribution in [2.45, 2.75) is 45.6 Å². The minimum atomic E-state index is -0.976. The van der Waals surface area contributed by atoms with E-state index < -0.39 is 5.60 Å². The maximum absolute atomic E-state index is 10.2. The van der Waals surface area contributed by atoms with E-state index in [1.807, 2.05) is 13.0 Å². The highest BCUT2D eigenvalue weighted by atomic mass is 16.3. The molecule has 2 heteroatoms. The fourth-order valence-corrected chi connectivity index (χ4v) is 3.03. The highest BCUT2D eigenvalue weighted by Gasteiger charge is 2.43. The Morgan fingerprint density at radius 2 is 2.18 bits per heavy atom. The van der Waals surface area contributed by atoms with Gasteiger partial charge < -0.3 is 10.2 Å². The van der Waals surface area contributed by atoms with E-state index in [4.69, 9.17) is 0 Å². The van der Waals surface area contributed by atoms with Crippen molar-refractivity contribution in [1.29, 1.82) is 0 Å². The Hall–Kier alpha value is -0.600. The number of allylic oxidation sites excluding steroid dienone is 2. The smallest absolute Gasteiger partial charge is 0.0877 e. The van der Waals surface area contributed by atoms with Gasteiger partial charge in [-0.15, -0.1) is 6.58 Å². The van der Waals surface area contributed by atoms with Crippen molar-refractivity contribution >= 4 is 0 Å². The van der Waals surface area contributed by atoms with Crippen LogP contribution in [0.15, 0.2) is 24.8 Å². The molecule has 1 aliphatic carbocycles. The van der Waals surface area contributed by atoms with E-state index in [0.29, 0.717) is 5.92 Å². The van der Waals surface area contributed by atoms with Gasteiger partial charge in [0.05, 0.1) is 12.2 Å². The van der Waals surface area contributed by atoms with Crippen molar-refractivity contribution in [1.82, 2.24) is 0 Å². The zero-order chi connectivity index (χ0) is 13.3. The monoisotopic (exact) mass is 238 g/mol. The molecular formula is C15H26O2. The van der Waals surface area contributed by atoms with Crippen molar-refractivity contribution in [3.63, 3.8) is 0 Å². The van der Waals surface area contributed by atoms with Crippen LogP contribution in [-0.2, 0) is 0 Å². The summed E-state index contributed by atoms with van der Waals surface area (Å²) in [4.78, 5) is 0. The molecular weight excluding hydrogens is 212 g/mol. The molecule has 98 valence electrons. The van der Waals surface area contributed by atoms with Gasteiger partial charge in [0, 0.05) is 0 Å². The minimum Gasteiger partial charge on any atom is -0.393 e. The molecule has 1 aliphatic rings. The zero-order valence-corrected chi connectivity index (χ0v) is 11.4. The molecule has 0 heterocycles. The Morgan fingerprint density at radius 1 is 1.59 bits per heavy atom. The van der Waals surface area contributed by atoms with Crippen LogP contribution < -0.4 is 0 Å². The lowest BCUT2D eigenvalue weighted by Crippen LogP contribution is -2.45. The molecule has 1 rings (SSSR count). The van der Waals surface area contributed by atoms with Crippen LogP contribution in [0.2, 0.25) is 0 Å². The first-order valence-electron chi connectivity index (χ1n) is 6.39. The van der Waals surface area contributed by atoms with Gasteiger partial charge >= 0.3 is 0 Å². The van der Waals surface area contributed by atoms with Gasteiger partial charge in [0.1, 0.15) is 0 Å². The van der Waals surface area contributed by atoms with E-state index in [-0.39, 0.29) is 17.9 Å². The summed E-state index contributed by atoms with van der Waals surface area (Å²) in [5.41, 5.74) is 0.246. The van der Waals surface area contributed by atoms with Crippen LogP contribution >= 0.6 is 0 Å². The van der Waals surface area contributed by atoms with Crippen molar-refractivity contribution in [2.75, 3.05) is 6.61 Å². The Balaban J connectivity index is 2.90. The van der Waals surface area contributed by atoms with E-state index in [1.54, 1.807) is 6.92 Å². The maximum Gasteiger partial charge on any atom is 0.0877 e. The van der Waals surface area contributed by atoms with Gasteiger partial charge in [-0.05, 0) is 50.4 Å². The molecule has 17 heavy (non-hydrogen) atoms. The standard InChI is InChI=1S/C15H26O2/c1-6-14(4)8-7-12(15(5,17)10-16)9-13(14)11(2)3/h6,12-13,16-17H,1-2,7-10H2,3-5H3/t12-,13-,14-,15+/m1/s1. The highest BCUT2D eigenvalue weighted by Crippen LogP contribution is 2.49. The van der Waals surface area contributed by atoms with Gasteiger partial charge in [0.15, 0.2) is 0 Å². The number of hydrogen-bond acceptors (Lipinski definition) is 2. The van der Waals surface area contributed by atoms with Crippen LogP contribution in [0.5, 0.6) is 0 Å². The first-order chi connectivity index (χ1) is 7.77. The van der Waals surface area contributed by atoms with Gasteiger partial charge in [-0.3, -0.25) is 0 Å². The van der Waals surface area contributed by atoms with Crippen LogP contribution in [0, 0.1) is 17.3 Å². The fourth-order valence-electron chi connectivity index (χ4n) is 3.03. The third-order valence-electron chi connectivity index (χ3n) is 4.61. The molecule has 0 spiro atoms. The predicted molar refractivity (Wildman–Crippen MR) is 71.7 cm³/mol. The van der Waals surface area contributed by atoms with Gasteiger partial charge in [-0.25, -0.2) is 0 Å². The van der Waals surface area contributed by atoms with Crippen LogP contribution in [0.1, 0.15) is 40.0 Å². The lowest BCUT2D eigenvalue weighted by Gasteiger charge is -2.46. The first-order valence-corrected chi connectivity index (χ1v) is 6.39. The maximum atomic E-state index is 10.2. The number of aliphatic hydroxyl groups is 2. The molecule has 2 nitrogen and oxygen atoms in total. The van der Waals surface area contributed by atoms with Crippen molar-refractivity contribution in [2.24, 2.45) is 17.3 Å². The zero-order valence-electron chi connectivity index (χ0n) is 11.4. The van der Waals surface area contributed by atoms with Crippen molar-refractivity contribution in [3.8, 4) is 0 Å². The third-order valence-corrected chi connectivity index (χ3v) is 4.61. The van der Waals surface area contributed by atoms with Crippen LogP contribution in [0.3, 0.4) is 0 Å². The molecule has 0 radical (unpaired) electrons. The number of aliphatic hydroxyl groups excluding tert-OH is 1. The Morgan fingerprint density at radius 3 is 2.59 bits per heavy atom. The molecule has 0 aromatic carbocycles. The van der Waals surface area contributed by atoms with E-state index in [0.717, 1.165) is 24.8 Å². The molecule has 0 aromatic heterocycles. The minimum absolute atomic E-state index is 0.0773. The molecule has 2 N–H and O–H groups in total. The summed E-state index contributed by atoms with van der Waals surface area (Å²) < 4.78 is 0. The quantitative estimate of drug-likeness (QED) is 0.739. The molecule has 4 atom stereocenters. The topological polar surface area (TPSA) is 40.5 Å². The molecule has 0 aromatic rings. The molecule has 0 saturated heterocycles. The molecule has 1 fully saturated rings. The average Bonchev–Trinajstić information content (AvgIpc) is 2.28. The molecule has 0 unspecified atom stereocenters.